The zero-order valence-electron chi connectivity index (χ0n) is 18.2. The minimum Gasteiger partial charge on any atom is -0.489 e. The molecule has 0 spiro atoms. The Balaban J connectivity index is 1.93. The van der Waals surface area contributed by atoms with Crippen molar-refractivity contribution in [3.8, 4) is 5.75 Å². The van der Waals surface area contributed by atoms with Gasteiger partial charge in [-0.05, 0) is 40.8 Å². The molecule has 0 bridgehead atoms. The third-order valence-corrected chi connectivity index (χ3v) is 13.6. The van der Waals surface area contributed by atoms with Gasteiger partial charge in [0, 0.05) is 5.39 Å². The lowest BCUT2D eigenvalue weighted by Crippen LogP contribution is -2.52. The molecule has 29 heavy (non-hydrogen) atoms. The highest BCUT2D eigenvalue weighted by Gasteiger charge is 2.50. The fourth-order valence-corrected chi connectivity index (χ4v) is 12.0. The summed E-state index contributed by atoms with van der Waals surface area (Å²) in [5.74, 6) is 2.63. The number of rotatable bonds is 7. The Morgan fingerprint density at radius 3 is 2.69 bits per heavy atom. The molecule has 2 aliphatic rings. The maximum absolute atomic E-state index is 6.42. The van der Waals surface area contributed by atoms with E-state index < -0.39 is 8.07 Å². The molecular formula is C27H34OSi. The second kappa shape index (κ2) is 8.35. The van der Waals surface area contributed by atoms with Gasteiger partial charge in [0.15, 0.2) is 0 Å². The monoisotopic (exact) mass is 402 g/mol. The van der Waals surface area contributed by atoms with Gasteiger partial charge in [-0.1, -0.05) is 106 Å². The third kappa shape index (κ3) is 3.32. The van der Waals surface area contributed by atoms with E-state index >= 15 is 0 Å². The minimum absolute atomic E-state index is 0.563. The first kappa shape index (κ1) is 20.2. The molecule has 1 nitrogen and oxygen atoms in total. The fourth-order valence-electron chi connectivity index (χ4n) is 6.23. The van der Waals surface area contributed by atoms with Crippen LogP contribution in [0.4, 0.5) is 0 Å². The van der Waals surface area contributed by atoms with Crippen molar-refractivity contribution in [3.05, 3.63) is 72.9 Å². The van der Waals surface area contributed by atoms with E-state index in [1.807, 2.05) is 6.08 Å². The van der Waals surface area contributed by atoms with Crippen molar-refractivity contribution in [3.63, 3.8) is 0 Å². The topological polar surface area (TPSA) is 9.23 Å². The van der Waals surface area contributed by atoms with Gasteiger partial charge < -0.3 is 4.74 Å². The van der Waals surface area contributed by atoms with Crippen molar-refractivity contribution in [2.45, 2.75) is 51.2 Å². The van der Waals surface area contributed by atoms with Gasteiger partial charge in [0.2, 0.25) is 0 Å². The number of fused-ring (bicyclic) bond motifs is 2. The van der Waals surface area contributed by atoms with Crippen LogP contribution < -0.4 is 9.92 Å². The number of hydrogen-bond acceptors (Lipinski definition) is 1. The molecule has 0 radical (unpaired) electrons. The molecule has 1 fully saturated rings. The summed E-state index contributed by atoms with van der Waals surface area (Å²) >= 11 is 0. The largest absolute Gasteiger partial charge is 0.489 e. The van der Waals surface area contributed by atoms with Crippen LogP contribution in [-0.2, 0) is 0 Å². The maximum Gasteiger partial charge on any atom is 0.126 e. The van der Waals surface area contributed by atoms with Crippen LogP contribution in [0.3, 0.4) is 0 Å². The molecular weight excluding hydrogens is 368 g/mol. The molecule has 3 unspecified atom stereocenters. The zero-order valence-corrected chi connectivity index (χ0v) is 19.2. The molecule has 4 rings (SSSR count). The van der Waals surface area contributed by atoms with E-state index in [0.29, 0.717) is 12.1 Å². The van der Waals surface area contributed by atoms with E-state index in [1.165, 1.54) is 40.9 Å². The van der Waals surface area contributed by atoms with E-state index in [-0.39, 0.29) is 0 Å². The van der Waals surface area contributed by atoms with E-state index in [1.54, 1.807) is 5.57 Å². The van der Waals surface area contributed by atoms with Crippen molar-refractivity contribution in [1.29, 1.82) is 0 Å². The predicted octanol–water partition coefficient (Wildman–Crippen LogP) is 7.01. The van der Waals surface area contributed by atoms with Crippen LogP contribution in [0.2, 0.25) is 17.6 Å². The average molecular weight is 403 g/mol. The van der Waals surface area contributed by atoms with Crippen molar-refractivity contribution < 1.29 is 4.74 Å². The lowest BCUT2D eigenvalue weighted by Gasteiger charge is -2.41. The molecule has 0 amide bonds. The Labute approximate surface area is 177 Å². The van der Waals surface area contributed by atoms with Crippen molar-refractivity contribution in [1.82, 2.24) is 0 Å². The van der Waals surface area contributed by atoms with E-state index in [9.17, 15) is 0 Å². The third-order valence-electron chi connectivity index (χ3n) is 7.52. The first-order chi connectivity index (χ1) is 14.2. The molecule has 1 saturated carbocycles. The Hall–Kier alpha value is -2.06. The van der Waals surface area contributed by atoms with Crippen LogP contribution in [-0.4, -0.2) is 14.7 Å². The van der Waals surface area contributed by atoms with Crippen molar-refractivity contribution in [2.75, 3.05) is 6.61 Å². The SMILES string of the molecule is C=CCOc1c([Si](CC)(CC)C2C3=CC=CCC3CC2C)ccc2ccccc12. The zero-order chi connectivity index (χ0) is 20.4. The number of benzene rings is 2. The molecule has 0 N–H and O–H groups in total. The van der Waals surface area contributed by atoms with Crippen LogP contribution in [0.1, 0.15) is 33.6 Å². The van der Waals surface area contributed by atoms with E-state index in [0.717, 1.165) is 17.6 Å². The molecule has 0 aliphatic heterocycles. The molecule has 152 valence electrons. The van der Waals surface area contributed by atoms with Crippen LogP contribution in [0.25, 0.3) is 10.8 Å². The fraction of sp³-hybridized carbons (Fsp3) is 0.407. The number of allylic oxidation sites excluding steroid dienone is 4. The molecule has 2 aromatic carbocycles. The van der Waals surface area contributed by atoms with Crippen LogP contribution in [0.5, 0.6) is 5.75 Å². The molecule has 3 atom stereocenters. The molecule has 2 heteroatoms. The van der Waals surface area contributed by atoms with Gasteiger partial charge in [-0.3, -0.25) is 0 Å². The van der Waals surface area contributed by atoms with Crippen molar-refractivity contribution >= 4 is 24.0 Å². The Bertz CT molecular complexity index is 950. The normalized spacial score (nSPS) is 23.7. The quantitative estimate of drug-likeness (QED) is 0.357. The van der Waals surface area contributed by atoms with Gasteiger partial charge in [-0.25, -0.2) is 0 Å². The second-order valence-corrected chi connectivity index (χ2v) is 13.7. The van der Waals surface area contributed by atoms with Gasteiger partial charge >= 0.3 is 0 Å². The average Bonchev–Trinajstić information content (AvgIpc) is 3.10. The first-order valence-electron chi connectivity index (χ1n) is 11.3. The Morgan fingerprint density at radius 1 is 1.14 bits per heavy atom. The molecule has 2 aliphatic carbocycles. The highest BCUT2D eigenvalue weighted by atomic mass is 28.3. The Kier molecular flexibility index (Phi) is 5.83. The summed E-state index contributed by atoms with van der Waals surface area (Å²) in [6, 6.07) is 15.9. The van der Waals surface area contributed by atoms with Gasteiger partial charge in [-0.15, -0.1) is 0 Å². The summed E-state index contributed by atoms with van der Waals surface area (Å²) in [5.41, 5.74) is 2.44. The summed E-state index contributed by atoms with van der Waals surface area (Å²) < 4.78 is 6.42. The Morgan fingerprint density at radius 2 is 1.93 bits per heavy atom. The summed E-state index contributed by atoms with van der Waals surface area (Å²) in [7, 11) is -1.83. The maximum atomic E-state index is 6.42. The molecule has 0 heterocycles. The molecule has 2 aromatic rings. The lowest BCUT2D eigenvalue weighted by molar-refractivity contribution is 0.370. The van der Waals surface area contributed by atoms with E-state index in [2.05, 4.69) is 82.0 Å². The predicted molar refractivity (Wildman–Crippen MR) is 129 cm³/mol. The van der Waals surface area contributed by atoms with Gasteiger partial charge in [0.25, 0.3) is 0 Å². The highest BCUT2D eigenvalue weighted by Crippen LogP contribution is 2.55. The smallest absolute Gasteiger partial charge is 0.126 e. The molecule has 0 saturated heterocycles. The minimum atomic E-state index is -1.83. The van der Waals surface area contributed by atoms with Crippen LogP contribution in [0, 0.1) is 11.8 Å². The number of ether oxygens (including phenoxy) is 1. The second-order valence-electron chi connectivity index (χ2n) is 8.84. The summed E-state index contributed by atoms with van der Waals surface area (Å²) in [6.07, 6.45) is 11.6. The van der Waals surface area contributed by atoms with Crippen LogP contribution >= 0.6 is 0 Å². The van der Waals surface area contributed by atoms with E-state index in [4.69, 9.17) is 4.74 Å². The standard InChI is InChI=1S/C27H34OSi/c1-5-18-28-26-23-14-10-8-12-21(23)16-17-25(26)29(6-2,7-3)27-20(4)19-22-13-9-11-15-24(22)27/h5,8-12,14-17,20,22,27H,1,6-7,13,18-19H2,2-4H3. The van der Waals surface area contributed by atoms with Gasteiger partial charge in [-0.2, -0.15) is 0 Å². The summed E-state index contributed by atoms with van der Waals surface area (Å²) in [4.78, 5) is 0. The van der Waals surface area contributed by atoms with Crippen molar-refractivity contribution in [2.24, 2.45) is 11.8 Å². The van der Waals surface area contributed by atoms with Crippen LogP contribution in [0.15, 0.2) is 72.9 Å². The van der Waals surface area contributed by atoms with Gasteiger partial charge in [0.1, 0.15) is 12.4 Å². The summed E-state index contributed by atoms with van der Waals surface area (Å²) in [5, 5.41) is 4.05. The number of hydrogen-bond donors (Lipinski definition) is 0. The molecule has 0 aromatic heterocycles. The highest BCUT2D eigenvalue weighted by molar-refractivity contribution is 6.94. The summed E-state index contributed by atoms with van der Waals surface area (Å²) in [6.45, 7) is 11.8. The lowest BCUT2D eigenvalue weighted by atomic mass is 9.94. The van der Waals surface area contributed by atoms with Gasteiger partial charge in [0.05, 0.1) is 8.07 Å². The first-order valence-corrected chi connectivity index (χ1v) is 13.8.